The van der Waals surface area contributed by atoms with Crippen LogP contribution in [0.4, 0.5) is 0 Å². The maximum atomic E-state index is 12.5. The Hall–Kier alpha value is -1.05. The van der Waals surface area contributed by atoms with E-state index in [0.717, 1.165) is 25.7 Å². The van der Waals surface area contributed by atoms with Gasteiger partial charge in [0, 0.05) is 0 Å². The van der Waals surface area contributed by atoms with Crippen molar-refractivity contribution in [3.8, 4) is 0 Å². The third-order valence-electron chi connectivity index (χ3n) is 7.59. The van der Waals surface area contributed by atoms with Crippen molar-refractivity contribution in [1.29, 1.82) is 0 Å². The molecule has 0 aromatic heterocycles. The minimum atomic E-state index is -0.317. The normalized spacial score (nSPS) is 46.2. The first-order valence-electron chi connectivity index (χ1n) is 9.20. The van der Waals surface area contributed by atoms with E-state index in [4.69, 9.17) is 4.74 Å². The van der Waals surface area contributed by atoms with Crippen molar-refractivity contribution in [2.24, 2.45) is 28.1 Å². The molecule has 3 rings (SSSR count). The van der Waals surface area contributed by atoms with Gasteiger partial charge in [0.2, 0.25) is 0 Å². The van der Waals surface area contributed by atoms with Crippen LogP contribution in [0.3, 0.4) is 0 Å². The van der Waals surface area contributed by atoms with Crippen LogP contribution in [0.15, 0.2) is 24.3 Å². The van der Waals surface area contributed by atoms with Gasteiger partial charge in [-0.15, -0.1) is 6.58 Å². The van der Waals surface area contributed by atoms with Crippen LogP contribution in [-0.2, 0) is 9.53 Å². The first-order valence-corrected chi connectivity index (χ1v) is 9.20. The van der Waals surface area contributed by atoms with Crippen LogP contribution in [0, 0.1) is 28.1 Å². The van der Waals surface area contributed by atoms with Gasteiger partial charge in [0.1, 0.15) is 0 Å². The SMILES string of the molecule is C=C[C@@]1(C)CC[C@H]2C(=CC[C@@H]3[C@]2(C)CCC[C@@]3(C)C(=O)OC)C1. The number of carbonyl (C=O) groups excluding carboxylic acids is 1. The van der Waals surface area contributed by atoms with Crippen molar-refractivity contribution in [1.82, 2.24) is 0 Å². The summed E-state index contributed by atoms with van der Waals surface area (Å²) < 4.78 is 5.20. The van der Waals surface area contributed by atoms with Crippen molar-refractivity contribution < 1.29 is 9.53 Å². The molecule has 0 aromatic carbocycles. The zero-order chi connectivity index (χ0) is 16.9. The molecule has 2 heteroatoms. The van der Waals surface area contributed by atoms with Gasteiger partial charge in [-0.25, -0.2) is 0 Å². The van der Waals surface area contributed by atoms with Crippen molar-refractivity contribution in [3.05, 3.63) is 24.3 Å². The lowest BCUT2D eigenvalue weighted by Gasteiger charge is -2.58. The average Bonchev–Trinajstić information content (AvgIpc) is 2.53. The molecule has 0 amide bonds. The van der Waals surface area contributed by atoms with Crippen LogP contribution in [0.1, 0.15) is 65.7 Å². The number of ether oxygens (including phenoxy) is 1. The Labute approximate surface area is 141 Å². The summed E-state index contributed by atoms with van der Waals surface area (Å²) in [7, 11) is 1.54. The average molecular weight is 316 g/mol. The zero-order valence-corrected chi connectivity index (χ0v) is 15.3. The van der Waals surface area contributed by atoms with Crippen molar-refractivity contribution in [3.63, 3.8) is 0 Å². The molecule has 0 saturated heterocycles. The summed E-state index contributed by atoms with van der Waals surface area (Å²) in [6.07, 6.45) is 12.6. The number of fused-ring (bicyclic) bond motifs is 3. The predicted octanol–water partition coefficient (Wildman–Crippen LogP) is 5.29. The quantitative estimate of drug-likeness (QED) is 0.511. The van der Waals surface area contributed by atoms with Gasteiger partial charge >= 0.3 is 5.97 Å². The van der Waals surface area contributed by atoms with Crippen molar-refractivity contribution >= 4 is 5.97 Å². The molecular formula is C21H32O2. The van der Waals surface area contributed by atoms with Gasteiger partial charge in [-0.2, -0.15) is 0 Å². The fourth-order valence-corrected chi connectivity index (χ4v) is 6.09. The van der Waals surface area contributed by atoms with Gasteiger partial charge in [-0.05, 0) is 68.1 Å². The maximum absolute atomic E-state index is 12.5. The monoisotopic (exact) mass is 316 g/mol. The molecule has 0 spiro atoms. The second-order valence-corrected chi connectivity index (χ2v) is 8.96. The first kappa shape index (κ1) is 16.8. The van der Waals surface area contributed by atoms with E-state index in [1.807, 2.05) is 0 Å². The minimum absolute atomic E-state index is 0.00276. The lowest BCUT2D eigenvalue weighted by Crippen LogP contribution is -2.54. The molecule has 2 fully saturated rings. The summed E-state index contributed by atoms with van der Waals surface area (Å²) >= 11 is 0. The summed E-state index contributed by atoms with van der Waals surface area (Å²) in [4.78, 5) is 12.5. The number of rotatable bonds is 2. The summed E-state index contributed by atoms with van der Waals surface area (Å²) in [5.74, 6) is 1.05. The Morgan fingerprint density at radius 2 is 2.04 bits per heavy atom. The van der Waals surface area contributed by atoms with Gasteiger partial charge in [0.25, 0.3) is 0 Å². The van der Waals surface area contributed by atoms with Gasteiger partial charge in [-0.3, -0.25) is 4.79 Å². The van der Waals surface area contributed by atoms with E-state index in [0.29, 0.717) is 11.8 Å². The summed E-state index contributed by atoms with van der Waals surface area (Å²) in [6.45, 7) is 11.0. The summed E-state index contributed by atoms with van der Waals surface area (Å²) in [5, 5.41) is 0. The molecule has 0 unspecified atom stereocenters. The van der Waals surface area contributed by atoms with Crippen LogP contribution >= 0.6 is 0 Å². The van der Waals surface area contributed by atoms with Crippen molar-refractivity contribution in [2.75, 3.05) is 7.11 Å². The lowest BCUT2D eigenvalue weighted by molar-refractivity contribution is -0.166. The second-order valence-electron chi connectivity index (χ2n) is 8.96. The highest BCUT2D eigenvalue weighted by Gasteiger charge is 2.58. The molecule has 5 atom stereocenters. The van der Waals surface area contributed by atoms with E-state index in [1.54, 1.807) is 12.7 Å². The number of allylic oxidation sites excluding steroid dienone is 3. The van der Waals surface area contributed by atoms with Crippen LogP contribution in [0.2, 0.25) is 0 Å². The number of methoxy groups -OCH3 is 1. The van der Waals surface area contributed by atoms with Gasteiger partial charge in [0.15, 0.2) is 0 Å². The van der Waals surface area contributed by atoms with E-state index in [9.17, 15) is 4.79 Å². The zero-order valence-electron chi connectivity index (χ0n) is 15.3. The molecule has 0 aromatic rings. The fraction of sp³-hybridized carbons (Fsp3) is 0.762. The number of esters is 1. The van der Waals surface area contributed by atoms with Crippen LogP contribution in [0.5, 0.6) is 0 Å². The summed E-state index contributed by atoms with van der Waals surface area (Å²) in [5.41, 5.74) is 1.81. The topological polar surface area (TPSA) is 26.3 Å². The first-order chi connectivity index (χ1) is 10.8. The van der Waals surface area contributed by atoms with E-state index in [2.05, 4.69) is 39.5 Å². The molecule has 2 nitrogen and oxygen atoms in total. The molecule has 3 aliphatic rings. The smallest absolute Gasteiger partial charge is 0.311 e. The van der Waals surface area contributed by atoms with Crippen LogP contribution < -0.4 is 0 Å². The maximum Gasteiger partial charge on any atom is 0.311 e. The van der Waals surface area contributed by atoms with E-state index >= 15 is 0 Å². The molecule has 0 bridgehead atoms. The molecule has 23 heavy (non-hydrogen) atoms. The van der Waals surface area contributed by atoms with Crippen LogP contribution in [0.25, 0.3) is 0 Å². The molecule has 2 saturated carbocycles. The van der Waals surface area contributed by atoms with E-state index in [-0.39, 0.29) is 22.2 Å². The highest BCUT2D eigenvalue weighted by Crippen LogP contribution is 2.63. The molecule has 0 N–H and O–H groups in total. The van der Waals surface area contributed by atoms with Gasteiger partial charge < -0.3 is 4.74 Å². The third kappa shape index (κ3) is 2.40. The third-order valence-corrected chi connectivity index (χ3v) is 7.59. The van der Waals surface area contributed by atoms with Gasteiger partial charge in [-0.1, -0.05) is 38.0 Å². The van der Waals surface area contributed by atoms with Crippen molar-refractivity contribution in [2.45, 2.75) is 65.7 Å². The minimum Gasteiger partial charge on any atom is -0.469 e. The molecular weight excluding hydrogens is 284 g/mol. The predicted molar refractivity (Wildman–Crippen MR) is 93.9 cm³/mol. The van der Waals surface area contributed by atoms with Gasteiger partial charge in [0.05, 0.1) is 12.5 Å². The summed E-state index contributed by atoms with van der Waals surface area (Å²) in [6, 6.07) is 0. The molecule has 128 valence electrons. The molecule has 3 aliphatic carbocycles. The Morgan fingerprint density at radius 3 is 2.70 bits per heavy atom. The number of carbonyl (C=O) groups is 1. The largest absolute Gasteiger partial charge is 0.469 e. The second kappa shape index (κ2) is 5.50. The Bertz CT molecular complexity index is 548. The molecule has 0 aliphatic heterocycles. The number of hydrogen-bond acceptors (Lipinski definition) is 2. The van der Waals surface area contributed by atoms with E-state index in [1.165, 1.54) is 19.3 Å². The number of hydrogen-bond donors (Lipinski definition) is 0. The Balaban J connectivity index is 1.97. The standard InChI is InChI=1S/C21H32O2/c1-6-19(2)13-10-16-15(14-19)8-9-17-20(16,3)11-7-12-21(17,4)18(22)23-5/h6,8,16-17H,1,7,9-14H2,2-5H3/t16-,17+,19-,20+,21+/m0/s1. The highest BCUT2D eigenvalue weighted by molar-refractivity contribution is 5.77. The highest BCUT2D eigenvalue weighted by atomic mass is 16.5. The molecule has 0 heterocycles. The Kier molecular flexibility index (Phi) is 4.01. The van der Waals surface area contributed by atoms with Crippen LogP contribution in [-0.4, -0.2) is 13.1 Å². The molecule has 0 radical (unpaired) electrons. The lowest BCUT2D eigenvalue weighted by atomic mass is 9.45. The fourth-order valence-electron chi connectivity index (χ4n) is 6.09. The Morgan fingerprint density at radius 1 is 1.30 bits per heavy atom. The van der Waals surface area contributed by atoms with E-state index < -0.39 is 0 Å².